The number of halogens is 1. The summed E-state index contributed by atoms with van der Waals surface area (Å²) in [7, 11) is 1.58. The molecule has 2 amide bonds. The van der Waals surface area contributed by atoms with Gasteiger partial charge in [-0.2, -0.15) is 0 Å². The van der Waals surface area contributed by atoms with Gasteiger partial charge < -0.3 is 19.4 Å². The van der Waals surface area contributed by atoms with Gasteiger partial charge in [0.15, 0.2) is 5.82 Å². The zero-order valence-corrected chi connectivity index (χ0v) is 23.1. The van der Waals surface area contributed by atoms with Gasteiger partial charge in [0.2, 0.25) is 5.91 Å². The van der Waals surface area contributed by atoms with Crippen LogP contribution in [0.2, 0.25) is 0 Å². The standard InChI is InChI=1S/C32H32FN5O3/c1-23(24-6-4-3-5-7-24)38(32(40)26-10-14-28(41-2)15-11-26)22-31(39)37-20-18-36(19-21-37)30-17-16-29(34-35-30)25-8-12-27(33)13-9-25/h3-17,23H,18-22H2,1-2H3/t23-/m0/s1. The van der Waals surface area contributed by atoms with Crippen molar-refractivity contribution in [3.05, 3.63) is 108 Å². The maximum atomic E-state index is 13.6. The molecule has 4 aromatic rings. The number of carbonyl (C=O) groups excluding carboxylic acids is 2. The number of methoxy groups -OCH3 is 1. The molecule has 1 saturated heterocycles. The number of anilines is 1. The molecule has 1 fully saturated rings. The van der Waals surface area contributed by atoms with Crippen LogP contribution < -0.4 is 9.64 Å². The highest BCUT2D eigenvalue weighted by Crippen LogP contribution is 2.24. The van der Waals surface area contributed by atoms with Gasteiger partial charge in [0.05, 0.1) is 18.8 Å². The number of aromatic nitrogens is 2. The van der Waals surface area contributed by atoms with E-state index in [1.165, 1.54) is 12.1 Å². The van der Waals surface area contributed by atoms with Crippen LogP contribution in [0.1, 0.15) is 28.9 Å². The van der Waals surface area contributed by atoms with Crippen molar-refractivity contribution in [2.45, 2.75) is 13.0 Å². The van der Waals surface area contributed by atoms with Gasteiger partial charge in [0, 0.05) is 37.3 Å². The lowest BCUT2D eigenvalue weighted by Gasteiger charge is -2.37. The topological polar surface area (TPSA) is 78.9 Å². The normalized spacial score (nSPS) is 13.9. The molecule has 0 spiro atoms. The summed E-state index contributed by atoms with van der Waals surface area (Å²) in [4.78, 5) is 32.6. The fraction of sp³-hybridized carbons (Fsp3) is 0.250. The molecule has 2 heterocycles. The Labute approximate surface area is 239 Å². The Hall–Kier alpha value is -4.79. The molecular formula is C32H32FN5O3. The van der Waals surface area contributed by atoms with Crippen molar-refractivity contribution in [2.24, 2.45) is 0 Å². The monoisotopic (exact) mass is 553 g/mol. The van der Waals surface area contributed by atoms with E-state index in [0.717, 1.165) is 16.9 Å². The predicted molar refractivity (Wildman–Crippen MR) is 155 cm³/mol. The average Bonchev–Trinajstić information content (AvgIpc) is 3.04. The fourth-order valence-electron chi connectivity index (χ4n) is 4.89. The van der Waals surface area contributed by atoms with Crippen LogP contribution in [0.4, 0.5) is 10.2 Å². The number of hydrogen-bond acceptors (Lipinski definition) is 6. The van der Waals surface area contributed by atoms with Gasteiger partial charge in [-0.1, -0.05) is 30.3 Å². The zero-order chi connectivity index (χ0) is 28.8. The summed E-state index contributed by atoms with van der Waals surface area (Å²) in [6.07, 6.45) is 0. The van der Waals surface area contributed by atoms with Crippen molar-refractivity contribution in [3.8, 4) is 17.0 Å². The van der Waals surface area contributed by atoms with Gasteiger partial charge in [-0.3, -0.25) is 9.59 Å². The molecule has 0 saturated carbocycles. The summed E-state index contributed by atoms with van der Waals surface area (Å²) >= 11 is 0. The fourth-order valence-corrected chi connectivity index (χ4v) is 4.89. The maximum Gasteiger partial charge on any atom is 0.254 e. The van der Waals surface area contributed by atoms with Gasteiger partial charge in [0.25, 0.3) is 5.91 Å². The molecule has 0 unspecified atom stereocenters. The Morgan fingerprint density at radius 1 is 0.878 bits per heavy atom. The molecular weight excluding hydrogens is 521 g/mol. The van der Waals surface area contributed by atoms with E-state index in [9.17, 15) is 14.0 Å². The molecule has 1 aliphatic rings. The van der Waals surface area contributed by atoms with Gasteiger partial charge in [-0.15, -0.1) is 10.2 Å². The highest BCUT2D eigenvalue weighted by molar-refractivity contribution is 5.97. The lowest BCUT2D eigenvalue weighted by molar-refractivity contribution is -0.132. The molecule has 1 aliphatic heterocycles. The molecule has 3 aromatic carbocycles. The van der Waals surface area contributed by atoms with Crippen molar-refractivity contribution < 1.29 is 18.7 Å². The van der Waals surface area contributed by atoms with Crippen LogP contribution in [0.5, 0.6) is 5.75 Å². The van der Waals surface area contributed by atoms with E-state index in [4.69, 9.17) is 4.74 Å². The van der Waals surface area contributed by atoms with Gasteiger partial charge in [-0.25, -0.2) is 4.39 Å². The Kier molecular flexibility index (Phi) is 8.53. The molecule has 9 heteroatoms. The number of nitrogens with zero attached hydrogens (tertiary/aromatic N) is 5. The summed E-state index contributed by atoms with van der Waals surface area (Å²) in [6.45, 7) is 4.10. The van der Waals surface area contributed by atoms with E-state index in [-0.39, 0.29) is 30.2 Å². The Bertz CT molecular complexity index is 1460. The third-order valence-electron chi connectivity index (χ3n) is 7.40. The van der Waals surface area contributed by atoms with E-state index in [0.29, 0.717) is 43.2 Å². The highest BCUT2D eigenvalue weighted by Gasteiger charge is 2.29. The second kappa shape index (κ2) is 12.6. The number of piperazine rings is 1. The minimum atomic E-state index is -0.300. The third-order valence-corrected chi connectivity index (χ3v) is 7.40. The number of carbonyl (C=O) groups is 2. The SMILES string of the molecule is COc1ccc(C(=O)N(CC(=O)N2CCN(c3ccc(-c4ccc(F)cc4)nn3)CC2)[C@@H](C)c2ccccc2)cc1. The van der Waals surface area contributed by atoms with Crippen molar-refractivity contribution in [1.29, 1.82) is 0 Å². The van der Waals surface area contributed by atoms with Crippen LogP contribution in [0.25, 0.3) is 11.3 Å². The van der Waals surface area contributed by atoms with Crippen molar-refractivity contribution in [1.82, 2.24) is 20.0 Å². The summed E-state index contributed by atoms with van der Waals surface area (Å²) in [5.74, 6) is 0.762. The maximum absolute atomic E-state index is 13.6. The van der Waals surface area contributed by atoms with Gasteiger partial charge in [-0.05, 0) is 73.2 Å². The minimum Gasteiger partial charge on any atom is -0.497 e. The van der Waals surface area contributed by atoms with E-state index < -0.39 is 0 Å². The highest BCUT2D eigenvalue weighted by atomic mass is 19.1. The van der Waals surface area contributed by atoms with Crippen molar-refractivity contribution >= 4 is 17.6 Å². The predicted octanol–water partition coefficient (Wildman–Crippen LogP) is 4.84. The summed E-state index contributed by atoms with van der Waals surface area (Å²) in [5.41, 5.74) is 2.90. The summed E-state index contributed by atoms with van der Waals surface area (Å²) in [5, 5.41) is 8.67. The quantitative estimate of drug-likeness (QED) is 0.311. The number of rotatable bonds is 8. The van der Waals surface area contributed by atoms with Crippen LogP contribution in [-0.2, 0) is 4.79 Å². The summed E-state index contributed by atoms with van der Waals surface area (Å²) in [6, 6.07) is 26.2. The lowest BCUT2D eigenvalue weighted by Crippen LogP contribution is -2.52. The van der Waals surface area contributed by atoms with Crippen molar-refractivity contribution in [3.63, 3.8) is 0 Å². The number of hydrogen-bond donors (Lipinski definition) is 0. The minimum absolute atomic E-state index is 0.0346. The van der Waals surface area contributed by atoms with Crippen LogP contribution >= 0.6 is 0 Å². The van der Waals surface area contributed by atoms with Crippen LogP contribution in [0.3, 0.4) is 0 Å². The second-order valence-electron chi connectivity index (χ2n) is 9.90. The molecule has 1 atom stereocenters. The van der Waals surface area contributed by atoms with Crippen LogP contribution in [0.15, 0.2) is 91.0 Å². The third kappa shape index (κ3) is 6.51. The second-order valence-corrected chi connectivity index (χ2v) is 9.90. The van der Waals surface area contributed by atoms with E-state index in [1.807, 2.05) is 49.4 Å². The molecule has 41 heavy (non-hydrogen) atoms. The molecule has 5 rings (SSSR count). The molecule has 0 aliphatic carbocycles. The van der Waals surface area contributed by atoms with E-state index in [2.05, 4.69) is 15.1 Å². The number of amides is 2. The van der Waals surface area contributed by atoms with Crippen molar-refractivity contribution in [2.75, 3.05) is 44.7 Å². The van der Waals surface area contributed by atoms with Gasteiger partial charge in [0.1, 0.15) is 18.1 Å². The largest absolute Gasteiger partial charge is 0.497 e. The first-order chi connectivity index (χ1) is 19.9. The molecule has 0 radical (unpaired) electrons. The molecule has 0 bridgehead atoms. The van der Waals surface area contributed by atoms with E-state index in [1.54, 1.807) is 53.3 Å². The smallest absolute Gasteiger partial charge is 0.254 e. The number of benzene rings is 3. The number of ether oxygens (including phenoxy) is 1. The Morgan fingerprint density at radius 3 is 2.17 bits per heavy atom. The molecule has 0 N–H and O–H groups in total. The van der Waals surface area contributed by atoms with Crippen LogP contribution in [-0.4, -0.2) is 71.6 Å². The Balaban J connectivity index is 1.24. The Morgan fingerprint density at radius 2 is 1.56 bits per heavy atom. The first-order valence-corrected chi connectivity index (χ1v) is 13.6. The van der Waals surface area contributed by atoms with Gasteiger partial charge >= 0.3 is 0 Å². The molecule has 1 aromatic heterocycles. The lowest BCUT2D eigenvalue weighted by atomic mass is 10.1. The molecule has 210 valence electrons. The first kappa shape index (κ1) is 27.8. The first-order valence-electron chi connectivity index (χ1n) is 13.6. The van der Waals surface area contributed by atoms with Crippen LogP contribution in [0, 0.1) is 5.82 Å². The zero-order valence-electron chi connectivity index (χ0n) is 23.1. The summed E-state index contributed by atoms with van der Waals surface area (Å²) < 4.78 is 18.5. The molecule has 8 nitrogen and oxygen atoms in total. The van der Waals surface area contributed by atoms with E-state index >= 15 is 0 Å². The average molecular weight is 554 g/mol.